The molecule has 0 amide bonds. The van der Waals surface area contributed by atoms with Crippen LogP contribution in [0.4, 0.5) is 5.69 Å². The summed E-state index contributed by atoms with van der Waals surface area (Å²) < 4.78 is 1.61. The van der Waals surface area contributed by atoms with Crippen molar-refractivity contribution in [1.82, 2.24) is 9.78 Å². The van der Waals surface area contributed by atoms with Crippen LogP contribution in [0.5, 0.6) is 0 Å². The number of aliphatic hydroxyl groups is 1. The third-order valence-electron chi connectivity index (χ3n) is 2.81. The number of rotatable bonds is 3. The van der Waals surface area contributed by atoms with Crippen LogP contribution in [0.1, 0.15) is 16.8 Å². The van der Waals surface area contributed by atoms with E-state index in [4.69, 9.17) is 5.11 Å². The van der Waals surface area contributed by atoms with Crippen LogP contribution in [0, 0.1) is 24.0 Å². The average molecular weight is 247 g/mol. The lowest BCUT2D eigenvalue weighted by Crippen LogP contribution is -1.98. The van der Waals surface area contributed by atoms with Crippen LogP contribution in [0.3, 0.4) is 0 Å². The van der Waals surface area contributed by atoms with Gasteiger partial charge in [0.1, 0.15) is 0 Å². The number of benzene rings is 1. The summed E-state index contributed by atoms with van der Waals surface area (Å²) in [6.07, 6.45) is 1.72. The van der Waals surface area contributed by atoms with Gasteiger partial charge in [0.25, 0.3) is 5.69 Å². The van der Waals surface area contributed by atoms with Crippen LogP contribution < -0.4 is 0 Å². The van der Waals surface area contributed by atoms with Crippen LogP contribution in [-0.4, -0.2) is 19.8 Å². The zero-order valence-electron chi connectivity index (χ0n) is 10.1. The summed E-state index contributed by atoms with van der Waals surface area (Å²) in [5.41, 5.74) is 2.89. The maximum absolute atomic E-state index is 10.7. The molecule has 0 saturated heterocycles. The summed E-state index contributed by atoms with van der Waals surface area (Å²) in [7, 11) is 0. The third kappa shape index (κ3) is 2.10. The third-order valence-corrected chi connectivity index (χ3v) is 2.81. The molecular formula is C12H13N3O3. The number of nitro groups is 1. The Morgan fingerprint density at radius 1 is 1.44 bits per heavy atom. The van der Waals surface area contributed by atoms with E-state index in [2.05, 4.69) is 5.10 Å². The fraction of sp³-hybridized carbons (Fsp3) is 0.250. The largest absolute Gasteiger partial charge is 0.392 e. The van der Waals surface area contributed by atoms with E-state index < -0.39 is 4.92 Å². The van der Waals surface area contributed by atoms with Crippen LogP contribution in [0.15, 0.2) is 24.4 Å². The van der Waals surface area contributed by atoms with E-state index in [1.807, 2.05) is 0 Å². The standard InChI is InChI=1S/C12H13N3O3/c1-8-5-11(3-4-12(8)15(17)18)14-6-10(7-16)9(2)13-14/h3-6,16H,7H2,1-2H3. The van der Waals surface area contributed by atoms with Gasteiger partial charge in [-0.15, -0.1) is 0 Å². The normalized spacial score (nSPS) is 10.6. The maximum Gasteiger partial charge on any atom is 0.272 e. The Kier molecular flexibility index (Phi) is 3.12. The summed E-state index contributed by atoms with van der Waals surface area (Å²) in [6, 6.07) is 4.80. The van der Waals surface area contributed by atoms with Crippen molar-refractivity contribution in [3.63, 3.8) is 0 Å². The molecule has 6 heteroatoms. The Hall–Kier alpha value is -2.21. The first-order chi connectivity index (χ1) is 8.52. The van der Waals surface area contributed by atoms with E-state index in [1.54, 1.807) is 36.9 Å². The number of aryl methyl sites for hydroxylation is 2. The van der Waals surface area contributed by atoms with Gasteiger partial charge in [-0.25, -0.2) is 4.68 Å². The van der Waals surface area contributed by atoms with Gasteiger partial charge >= 0.3 is 0 Å². The van der Waals surface area contributed by atoms with Crippen molar-refractivity contribution in [3.8, 4) is 5.69 Å². The first kappa shape index (κ1) is 12.3. The molecule has 1 N–H and O–H groups in total. The number of aliphatic hydroxyl groups excluding tert-OH is 1. The van der Waals surface area contributed by atoms with Gasteiger partial charge < -0.3 is 5.11 Å². The Morgan fingerprint density at radius 2 is 2.17 bits per heavy atom. The van der Waals surface area contributed by atoms with Crippen molar-refractivity contribution in [3.05, 3.63) is 51.3 Å². The Labute approximate surface area is 104 Å². The fourth-order valence-electron chi connectivity index (χ4n) is 1.77. The van der Waals surface area contributed by atoms with E-state index in [-0.39, 0.29) is 12.3 Å². The van der Waals surface area contributed by atoms with E-state index in [1.165, 1.54) is 6.07 Å². The smallest absolute Gasteiger partial charge is 0.272 e. The highest BCUT2D eigenvalue weighted by atomic mass is 16.6. The van der Waals surface area contributed by atoms with E-state index in [0.717, 1.165) is 16.9 Å². The fourth-order valence-corrected chi connectivity index (χ4v) is 1.77. The van der Waals surface area contributed by atoms with Crippen molar-refractivity contribution in [2.75, 3.05) is 0 Å². The molecule has 18 heavy (non-hydrogen) atoms. The second kappa shape index (κ2) is 4.58. The van der Waals surface area contributed by atoms with Gasteiger partial charge in [-0.3, -0.25) is 10.1 Å². The van der Waals surface area contributed by atoms with Gasteiger partial charge in [0.05, 0.1) is 22.9 Å². The lowest BCUT2D eigenvalue weighted by molar-refractivity contribution is -0.385. The number of hydrogen-bond donors (Lipinski definition) is 1. The Balaban J connectivity index is 2.45. The second-order valence-electron chi connectivity index (χ2n) is 4.07. The Morgan fingerprint density at radius 3 is 2.67 bits per heavy atom. The van der Waals surface area contributed by atoms with Gasteiger partial charge in [-0.2, -0.15) is 5.10 Å². The molecule has 0 atom stereocenters. The summed E-state index contributed by atoms with van der Waals surface area (Å²) in [5.74, 6) is 0. The molecule has 1 heterocycles. The zero-order chi connectivity index (χ0) is 13.3. The molecule has 0 saturated carbocycles. The number of nitrogens with zero attached hydrogens (tertiary/aromatic N) is 3. The predicted octanol–water partition coefficient (Wildman–Crippen LogP) is 1.89. The van der Waals surface area contributed by atoms with Crippen molar-refractivity contribution in [2.45, 2.75) is 20.5 Å². The Bertz CT molecular complexity index is 605. The van der Waals surface area contributed by atoms with Gasteiger partial charge in [0.15, 0.2) is 0 Å². The lowest BCUT2D eigenvalue weighted by atomic mass is 10.2. The summed E-state index contributed by atoms with van der Waals surface area (Å²) >= 11 is 0. The van der Waals surface area contributed by atoms with Crippen LogP contribution >= 0.6 is 0 Å². The molecule has 1 aromatic carbocycles. The number of hydrogen-bond acceptors (Lipinski definition) is 4. The summed E-state index contributed by atoms with van der Waals surface area (Å²) in [6.45, 7) is 3.42. The number of aromatic nitrogens is 2. The van der Waals surface area contributed by atoms with Gasteiger partial charge in [-0.05, 0) is 26.0 Å². The monoisotopic (exact) mass is 247 g/mol. The van der Waals surface area contributed by atoms with Gasteiger partial charge in [0.2, 0.25) is 0 Å². The molecule has 2 rings (SSSR count). The first-order valence-corrected chi connectivity index (χ1v) is 5.44. The van der Waals surface area contributed by atoms with E-state index in [0.29, 0.717) is 5.56 Å². The predicted molar refractivity (Wildman–Crippen MR) is 65.6 cm³/mol. The van der Waals surface area contributed by atoms with Crippen LogP contribution in [0.2, 0.25) is 0 Å². The molecule has 2 aromatic rings. The van der Waals surface area contributed by atoms with Crippen molar-refractivity contribution in [2.24, 2.45) is 0 Å². The second-order valence-corrected chi connectivity index (χ2v) is 4.07. The first-order valence-electron chi connectivity index (χ1n) is 5.44. The maximum atomic E-state index is 10.7. The quantitative estimate of drug-likeness (QED) is 0.663. The van der Waals surface area contributed by atoms with Crippen LogP contribution in [-0.2, 0) is 6.61 Å². The minimum atomic E-state index is -0.410. The van der Waals surface area contributed by atoms with E-state index >= 15 is 0 Å². The minimum absolute atomic E-state index is 0.0716. The highest BCUT2D eigenvalue weighted by Crippen LogP contribution is 2.21. The molecule has 0 aliphatic heterocycles. The molecule has 94 valence electrons. The van der Waals surface area contributed by atoms with Gasteiger partial charge in [-0.1, -0.05) is 0 Å². The molecule has 0 spiro atoms. The molecule has 0 radical (unpaired) electrons. The molecule has 0 aliphatic carbocycles. The highest BCUT2D eigenvalue weighted by molar-refractivity contribution is 5.47. The van der Waals surface area contributed by atoms with Gasteiger partial charge in [0, 0.05) is 23.4 Å². The van der Waals surface area contributed by atoms with E-state index in [9.17, 15) is 10.1 Å². The average Bonchev–Trinajstić information content (AvgIpc) is 2.70. The van der Waals surface area contributed by atoms with Crippen LogP contribution in [0.25, 0.3) is 5.69 Å². The number of nitro benzene ring substituents is 1. The van der Waals surface area contributed by atoms with Crippen molar-refractivity contribution >= 4 is 5.69 Å². The summed E-state index contributed by atoms with van der Waals surface area (Å²) in [4.78, 5) is 10.3. The minimum Gasteiger partial charge on any atom is -0.392 e. The molecule has 0 bridgehead atoms. The highest BCUT2D eigenvalue weighted by Gasteiger charge is 2.12. The SMILES string of the molecule is Cc1cc(-n2cc(CO)c(C)n2)ccc1[N+](=O)[O-]. The van der Waals surface area contributed by atoms with Crippen molar-refractivity contribution in [1.29, 1.82) is 0 Å². The lowest BCUT2D eigenvalue weighted by Gasteiger charge is -2.03. The van der Waals surface area contributed by atoms with Crippen molar-refractivity contribution < 1.29 is 10.0 Å². The molecular weight excluding hydrogens is 234 g/mol. The zero-order valence-corrected chi connectivity index (χ0v) is 10.1. The molecule has 0 aliphatic rings. The molecule has 0 unspecified atom stereocenters. The molecule has 6 nitrogen and oxygen atoms in total. The molecule has 1 aromatic heterocycles. The molecule has 0 fully saturated rings. The summed E-state index contributed by atoms with van der Waals surface area (Å²) in [5, 5.41) is 24.1. The topological polar surface area (TPSA) is 81.2 Å².